The summed E-state index contributed by atoms with van der Waals surface area (Å²) in [6.07, 6.45) is 0. The van der Waals surface area contributed by atoms with E-state index in [1.807, 2.05) is 93.6 Å². The van der Waals surface area contributed by atoms with Gasteiger partial charge in [-0.1, -0.05) is 91.9 Å². The molecule has 0 bridgehead atoms. The maximum absolute atomic E-state index is 13.5. The van der Waals surface area contributed by atoms with Gasteiger partial charge in [0.1, 0.15) is 6.04 Å². The molecule has 6 heteroatoms. The molecule has 0 aliphatic rings. The van der Waals surface area contributed by atoms with E-state index in [1.54, 1.807) is 0 Å². The Balaban J connectivity index is 1.56. The van der Waals surface area contributed by atoms with E-state index in [4.69, 9.17) is 0 Å². The Labute approximate surface area is 197 Å². The molecule has 0 saturated heterocycles. The molecule has 33 heavy (non-hydrogen) atoms. The van der Waals surface area contributed by atoms with E-state index >= 15 is 0 Å². The summed E-state index contributed by atoms with van der Waals surface area (Å²) in [5.74, 6) is -1.08. The molecular formula is C27H27N3O2S. The van der Waals surface area contributed by atoms with Crippen LogP contribution in [0, 0.1) is 12.8 Å². The molecule has 0 spiro atoms. The summed E-state index contributed by atoms with van der Waals surface area (Å²) in [5, 5.41) is 6.44. The number of hydrogen-bond donors (Lipinski definition) is 2. The summed E-state index contributed by atoms with van der Waals surface area (Å²) < 4.78 is 1.02. The third-order valence-electron chi connectivity index (χ3n) is 5.55. The van der Waals surface area contributed by atoms with Crippen LogP contribution in [0.1, 0.15) is 36.5 Å². The zero-order valence-electron chi connectivity index (χ0n) is 18.9. The second kappa shape index (κ2) is 9.96. The Morgan fingerprint density at radius 3 is 2.03 bits per heavy atom. The van der Waals surface area contributed by atoms with Gasteiger partial charge in [-0.05, 0) is 41.7 Å². The average molecular weight is 458 g/mol. The first-order valence-electron chi connectivity index (χ1n) is 11.0. The zero-order chi connectivity index (χ0) is 23.4. The number of carbonyl (C=O) groups is 2. The number of thiazole rings is 1. The highest BCUT2D eigenvalue weighted by Crippen LogP contribution is 2.28. The van der Waals surface area contributed by atoms with Crippen molar-refractivity contribution in [3.63, 3.8) is 0 Å². The van der Waals surface area contributed by atoms with Crippen LogP contribution < -0.4 is 10.6 Å². The maximum Gasteiger partial charge on any atom is 0.248 e. The Kier molecular flexibility index (Phi) is 6.84. The summed E-state index contributed by atoms with van der Waals surface area (Å²) >= 11 is 1.43. The normalized spacial score (nSPS) is 12.2. The molecule has 4 rings (SSSR count). The lowest BCUT2D eigenvalue weighted by atomic mass is 9.89. The second-order valence-electron chi connectivity index (χ2n) is 8.46. The number of fused-ring (bicyclic) bond motifs is 1. The minimum Gasteiger partial charge on any atom is -0.343 e. The molecule has 2 N–H and O–H groups in total. The predicted octanol–water partition coefficient (Wildman–Crippen LogP) is 5.52. The van der Waals surface area contributed by atoms with E-state index in [9.17, 15) is 9.59 Å². The number of benzene rings is 3. The van der Waals surface area contributed by atoms with E-state index in [0.29, 0.717) is 5.13 Å². The number of aryl methyl sites for hydroxylation is 1. The van der Waals surface area contributed by atoms with Crippen molar-refractivity contribution in [1.82, 2.24) is 10.3 Å². The van der Waals surface area contributed by atoms with Crippen LogP contribution in [0.5, 0.6) is 0 Å². The highest BCUT2D eigenvalue weighted by atomic mass is 32.1. The average Bonchev–Trinajstić information content (AvgIpc) is 3.20. The highest BCUT2D eigenvalue weighted by molar-refractivity contribution is 7.22. The lowest BCUT2D eigenvalue weighted by Crippen LogP contribution is -2.48. The highest BCUT2D eigenvalue weighted by Gasteiger charge is 2.30. The van der Waals surface area contributed by atoms with Gasteiger partial charge < -0.3 is 10.6 Å². The molecule has 1 heterocycles. The van der Waals surface area contributed by atoms with Gasteiger partial charge in [-0.2, -0.15) is 0 Å². The summed E-state index contributed by atoms with van der Waals surface area (Å²) in [6.45, 7) is 5.87. The first kappa shape index (κ1) is 22.7. The Morgan fingerprint density at radius 2 is 1.45 bits per heavy atom. The van der Waals surface area contributed by atoms with Gasteiger partial charge in [-0.15, -0.1) is 0 Å². The smallest absolute Gasteiger partial charge is 0.248 e. The number of nitrogens with zero attached hydrogens (tertiary/aromatic N) is 1. The number of amides is 2. The summed E-state index contributed by atoms with van der Waals surface area (Å²) in [5.41, 5.74) is 3.75. The Bertz CT molecular complexity index is 1210. The van der Waals surface area contributed by atoms with Crippen molar-refractivity contribution < 1.29 is 9.59 Å². The maximum atomic E-state index is 13.5. The van der Waals surface area contributed by atoms with Crippen LogP contribution in [-0.2, 0) is 9.59 Å². The van der Waals surface area contributed by atoms with Crippen molar-refractivity contribution in [3.05, 3.63) is 95.6 Å². The molecule has 0 radical (unpaired) electrons. The molecule has 0 saturated carbocycles. The molecule has 168 valence electrons. The fourth-order valence-corrected chi connectivity index (χ4v) is 4.79. The van der Waals surface area contributed by atoms with Crippen molar-refractivity contribution >= 4 is 38.5 Å². The number of hydrogen-bond acceptors (Lipinski definition) is 4. The SMILES string of the molecule is Cc1ccc2nc(NC(=O)[C@@H](NC(=O)C(c3ccccc3)c3ccccc3)C(C)C)sc2c1. The number of rotatable bonds is 7. The third-order valence-corrected chi connectivity index (χ3v) is 6.48. The second-order valence-corrected chi connectivity index (χ2v) is 9.49. The first-order valence-corrected chi connectivity index (χ1v) is 11.8. The van der Waals surface area contributed by atoms with Gasteiger partial charge >= 0.3 is 0 Å². The van der Waals surface area contributed by atoms with Crippen molar-refractivity contribution in [2.75, 3.05) is 5.32 Å². The fraction of sp³-hybridized carbons (Fsp3) is 0.222. The monoisotopic (exact) mass is 457 g/mol. The van der Waals surface area contributed by atoms with Gasteiger partial charge in [0, 0.05) is 0 Å². The van der Waals surface area contributed by atoms with E-state index in [-0.39, 0.29) is 17.7 Å². The lowest BCUT2D eigenvalue weighted by molar-refractivity contribution is -0.127. The van der Waals surface area contributed by atoms with Gasteiger partial charge in [0.05, 0.1) is 16.1 Å². The number of anilines is 1. The molecule has 1 atom stereocenters. The van der Waals surface area contributed by atoms with Crippen molar-refractivity contribution in [2.24, 2.45) is 5.92 Å². The van der Waals surface area contributed by atoms with Crippen molar-refractivity contribution in [3.8, 4) is 0 Å². The topological polar surface area (TPSA) is 71.1 Å². The summed E-state index contributed by atoms with van der Waals surface area (Å²) in [7, 11) is 0. The molecule has 0 aliphatic carbocycles. The largest absolute Gasteiger partial charge is 0.343 e. The van der Waals surface area contributed by atoms with Crippen LogP contribution in [0.3, 0.4) is 0 Å². The lowest BCUT2D eigenvalue weighted by Gasteiger charge is -2.25. The molecule has 2 amide bonds. The molecule has 0 aliphatic heterocycles. The molecule has 1 aromatic heterocycles. The Hall–Kier alpha value is -3.51. The van der Waals surface area contributed by atoms with Gasteiger partial charge in [-0.25, -0.2) is 4.98 Å². The van der Waals surface area contributed by atoms with Crippen LogP contribution in [0.25, 0.3) is 10.2 Å². The van der Waals surface area contributed by atoms with Crippen molar-refractivity contribution in [2.45, 2.75) is 32.7 Å². The molecule has 4 aromatic rings. The van der Waals surface area contributed by atoms with E-state index in [1.165, 1.54) is 11.3 Å². The van der Waals surface area contributed by atoms with Crippen LogP contribution in [0.2, 0.25) is 0 Å². The number of aromatic nitrogens is 1. The predicted molar refractivity (Wildman–Crippen MR) is 134 cm³/mol. The molecular weight excluding hydrogens is 430 g/mol. The fourth-order valence-electron chi connectivity index (χ4n) is 3.83. The summed E-state index contributed by atoms with van der Waals surface area (Å²) in [4.78, 5) is 31.2. The molecule has 5 nitrogen and oxygen atoms in total. The standard InChI is InChI=1S/C27H27N3O2S/c1-17(2)24(26(32)30-27-28-21-15-14-18(3)16-22(21)33-27)29-25(31)23(19-10-6-4-7-11-19)20-12-8-5-9-13-20/h4-17,23-24H,1-3H3,(H,29,31)(H,28,30,32)/t24-/m0/s1. The van der Waals surface area contributed by atoms with E-state index in [2.05, 4.69) is 21.7 Å². The molecule has 3 aromatic carbocycles. The van der Waals surface area contributed by atoms with Crippen LogP contribution in [0.4, 0.5) is 5.13 Å². The summed E-state index contributed by atoms with van der Waals surface area (Å²) in [6, 6.07) is 24.6. The van der Waals surface area contributed by atoms with Gasteiger partial charge in [0.25, 0.3) is 0 Å². The van der Waals surface area contributed by atoms with Crippen LogP contribution >= 0.6 is 11.3 Å². The van der Waals surface area contributed by atoms with Gasteiger partial charge in [0.2, 0.25) is 11.8 Å². The quantitative estimate of drug-likeness (QED) is 0.384. The van der Waals surface area contributed by atoms with Gasteiger partial charge in [-0.3, -0.25) is 9.59 Å². The third kappa shape index (κ3) is 5.29. The van der Waals surface area contributed by atoms with Gasteiger partial charge in [0.15, 0.2) is 5.13 Å². The molecule has 0 unspecified atom stereocenters. The first-order chi connectivity index (χ1) is 15.9. The van der Waals surface area contributed by atoms with E-state index < -0.39 is 12.0 Å². The van der Waals surface area contributed by atoms with Crippen molar-refractivity contribution in [1.29, 1.82) is 0 Å². The zero-order valence-corrected chi connectivity index (χ0v) is 19.7. The van der Waals surface area contributed by atoms with Crippen LogP contribution in [0.15, 0.2) is 78.9 Å². The van der Waals surface area contributed by atoms with Crippen LogP contribution in [-0.4, -0.2) is 22.8 Å². The minimum atomic E-state index is -0.693. The van der Waals surface area contributed by atoms with E-state index in [0.717, 1.165) is 26.9 Å². The molecule has 0 fully saturated rings. The minimum absolute atomic E-state index is 0.0993. The number of nitrogens with one attached hydrogen (secondary N) is 2. The number of carbonyl (C=O) groups excluding carboxylic acids is 2. The Morgan fingerprint density at radius 1 is 0.848 bits per heavy atom.